The van der Waals surface area contributed by atoms with E-state index in [1.165, 1.54) is 0 Å². The quantitative estimate of drug-likeness (QED) is 0.604. The molecule has 17 heavy (non-hydrogen) atoms. The van der Waals surface area contributed by atoms with E-state index in [9.17, 15) is 0 Å². The maximum atomic E-state index is 6.18. The van der Waals surface area contributed by atoms with E-state index in [1.54, 1.807) is 0 Å². The van der Waals surface area contributed by atoms with Crippen LogP contribution in [0.5, 0.6) is 0 Å². The predicted molar refractivity (Wildman–Crippen MR) is 76.3 cm³/mol. The molecule has 1 aromatic rings. The first-order valence-corrected chi connectivity index (χ1v) is 7.39. The van der Waals surface area contributed by atoms with Gasteiger partial charge in [-0.2, -0.15) is 0 Å². The number of rotatable bonds is 3. The molecule has 1 aliphatic heterocycles. The summed E-state index contributed by atoms with van der Waals surface area (Å²) in [5, 5.41) is 0.552. The van der Waals surface area contributed by atoms with Gasteiger partial charge in [0.15, 0.2) is 5.82 Å². The van der Waals surface area contributed by atoms with Gasteiger partial charge in [-0.1, -0.05) is 24.9 Å². The Balaban J connectivity index is 2.41. The van der Waals surface area contributed by atoms with Crippen molar-refractivity contribution in [1.29, 1.82) is 0 Å². The fourth-order valence-electron chi connectivity index (χ4n) is 2.06. The van der Waals surface area contributed by atoms with Crippen molar-refractivity contribution in [1.82, 2.24) is 9.97 Å². The highest BCUT2D eigenvalue weighted by Gasteiger charge is 2.35. The zero-order valence-corrected chi connectivity index (χ0v) is 13.0. The van der Waals surface area contributed by atoms with E-state index >= 15 is 0 Å². The SMILES string of the molecule is CCCc1nc(C2(C)CCCO2)nc(Cl)c1I. The highest BCUT2D eigenvalue weighted by atomic mass is 127. The van der Waals surface area contributed by atoms with Gasteiger partial charge in [-0.05, 0) is 48.8 Å². The third kappa shape index (κ3) is 2.74. The molecule has 0 N–H and O–H groups in total. The summed E-state index contributed by atoms with van der Waals surface area (Å²) in [7, 11) is 0. The van der Waals surface area contributed by atoms with Crippen LogP contribution in [-0.2, 0) is 16.8 Å². The van der Waals surface area contributed by atoms with Gasteiger partial charge >= 0.3 is 0 Å². The molecule has 1 saturated heterocycles. The largest absolute Gasteiger partial charge is 0.367 e. The molecule has 1 aromatic heterocycles. The molecular formula is C12H16ClIN2O. The number of hydrogen-bond acceptors (Lipinski definition) is 3. The average molecular weight is 367 g/mol. The summed E-state index contributed by atoms with van der Waals surface area (Å²) in [5.41, 5.74) is 0.691. The Morgan fingerprint density at radius 3 is 2.82 bits per heavy atom. The van der Waals surface area contributed by atoms with Crippen LogP contribution in [0.2, 0.25) is 5.15 Å². The Morgan fingerprint density at radius 2 is 2.24 bits per heavy atom. The molecular weight excluding hydrogens is 351 g/mol. The van der Waals surface area contributed by atoms with Gasteiger partial charge in [0, 0.05) is 6.61 Å². The fourth-order valence-corrected chi connectivity index (χ4v) is 2.76. The van der Waals surface area contributed by atoms with E-state index in [-0.39, 0.29) is 5.60 Å². The molecule has 3 nitrogen and oxygen atoms in total. The summed E-state index contributed by atoms with van der Waals surface area (Å²) in [6, 6.07) is 0. The number of halogens is 2. The number of hydrogen-bond donors (Lipinski definition) is 0. The molecule has 2 heterocycles. The van der Waals surface area contributed by atoms with Gasteiger partial charge < -0.3 is 4.74 Å². The van der Waals surface area contributed by atoms with E-state index < -0.39 is 0 Å². The van der Waals surface area contributed by atoms with Crippen molar-refractivity contribution >= 4 is 34.2 Å². The van der Waals surface area contributed by atoms with Crippen LogP contribution in [0.15, 0.2) is 0 Å². The van der Waals surface area contributed by atoms with Gasteiger partial charge in [0.1, 0.15) is 10.8 Å². The van der Waals surface area contributed by atoms with Crippen molar-refractivity contribution in [3.05, 3.63) is 20.2 Å². The molecule has 1 aliphatic rings. The summed E-state index contributed by atoms with van der Waals surface area (Å²) in [6.45, 7) is 4.97. The van der Waals surface area contributed by atoms with Crippen LogP contribution in [0.3, 0.4) is 0 Å². The molecule has 0 amide bonds. The summed E-state index contributed by atoms with van der Waals surface area (Å²) >= 11 is 8.40. The average Bonchev–Trinajstić information content (AvgIpc) is 2.73. The zero-order chi connectivity index (χ0) is 12.5. The van der Waals surface area contributed by atoms with Crippen molar-refractivity contribution in [2.75, 3.05) is 6.61 Å². The van der Waals surface area contributed by atoms with E-state index in [0.717, 1.165) is 47.4 Å². The lowest BCUT2D eigenvalue weighted by molar-refractivity contribution is 0.00911. The number of aryl methyl sites for hydroxylation is 1. The first-order valence-electron chi connectivity index (χ1n) is 5.93. The number of ether oxygens (including phenoxy) is 1. The molecule has 0 aliphatic carbocycles. The maximum absolute atomic E-state index is 6.18. The lowest BCUT2D eigenvalue weighted by atomic mass is 10.0. The van der Waals surface area contributed by atoms with Gasteiger partial charge in [0.25, 0.3) is 0 Å². The Morgan fingerprint density at radius 1 is 1.47 bits per heavy atom. The van der Waals surface area contributed by atoms with Crippen LogP contribution >= 0.6 is 34.2 Å². The molecule has 94 valence electrons. The molecule has 0 saturated carbocycles. The maximum Gasteiger partial charge on any atom is 0.161 e. The van der Waals surface area contributed by atoms with E-state index in [2.05, 4.69) is 39.5 Å². The van der Waals surface area contributed by atoms with Crippen LogP contribution in [0.1, 0.15) is 44.6 Å². The smallest absolute Gasteiger partial charge is 0.161 e. The summed E-state index contributed by atoms with van der Waals surface area (Å²) < 4.78 is 6.74. The third-order valence-electron chi connectivity index (χ3n) is 3.06. The van der Waals surface area contributed by atoms with Crippen molar-refractivity contribution in [3.63, 3.8) is 0 Å². The minimum Gasteiger partial charge on any atom is -0.367 e. The fraction of sp³-hybridized carbons (Fsp3) is 0.667. The molecule has 1 unspecified atom stereocenters. The minimum absolute atomic E-state index is 0.351. The Kier molecular flexibility index (Phi) is 4.26. The van der Waals surface area contributed by atoms with Crippen molar-refractivity contribution < 1.29 is 4.74 Å². The van der Waals surface area contributed by atoms with E-state index in [1.807, 2.05) is 6.92 Å². The molecule has 5 heteroatoms. The third-order valence-corrected chi connectivity index (χ3v) is 4.78. The van der Waals surface area contributed by atoms with Gasteiger partial charge in [-0.15, -0.1) is 0 Å². The van der Waals surface area contributed by atoms with Gasteiger partial charge in [-0.3, -0.25) is 0 Å². The highest BCUT2D eigenvalue weighted by Crippen LogP contribution is 2.35. The van der Waals surface area contributed by atoms with Crippen molar-refractivity contribution in [3.8, 4) is 0 Å². The second kappa shape index (κ2) is 5.36. The van der Waals surface area contributed by atoms with Gasteiger partial charge in [-0.25, -0.2) is 9.97 Å². The van der Waals surface area contributed by atoms with Crippen LogP contribution in [0.4, 0.5) is 0 Å². The van der Waals surface area contributed by atoms with Crippen LogP contribution < -0.4 is 0 Å². The monoisotopic (exact) mass is 366 g/mol. The molecule has 0 radical (unpaired) electrons. The van der Waals surface area contributed by atoms with Crippen LogP contribution in [-0.4, -0.2) is 16.6 Å². The molecule has 1 fully saturated rings. The molecule has 1 atom stereocenters. The predicted octanol–water partition coefficient (Wildman–Crippen LogP) is 3.71. The molecule has 0 spiro atoms. The first kappa shape index (κ1) is 13.5. The Bertz CT molecular complexity index is 419. The lowest BCUT2D eigenvalue weighted by Crippen LogP contribution is -2.24. The van der Waals surface area contributed by atoms with Crippen LogP contribution in [0, 0.1) is 3.57 Å². The lowest BCUT2D eigenvalue weighted by Gasteiger charge is -2.22. The normalized spacial score (nSPS) is 24.2. The number of nitrogens with zero attached hydrogens (tertiary/aromatic N) is 2. The van der Waals surface area contributed by atoms with Gasteiger partial charge in [0.2, 0.25) is 0 Å². The Labute approximate surface area is 120 Å². The van der Waals surface area contributed by atoms with Gasteiger partial charge in [0.05, 0.1) is 9.26 Å². The molecule has 2 rings (SSSR count). The minimum atomic E-state index is -0.351. The van der Waals surface area contributed by atoms with Crippen molar-refractivity contribution in [2.24, 2.45) is 0 Å². The van der Waals surface area contributed by atoms with Crippen LogP contribution in [0.25, 0.3) is 0 Å². The van der Waals surface area contributed by atoms with E-state index in [0.29, 0.717) is 5.15 Å². The first-order chi connectivity index (χ1) is 8.07. The van der Waals surface area contributed by atoms with E-state index in [4.69, 9.17) is 16.3 Å². The number of aromatic nitrogens is 2. The molecule has 0 bridgehead atoms. The zero-order valence-electron chi connectivity index (χ0n) is 10.1. The summed E-state index contributed by atoms with van der Waals surface area (Å²) in [4.78, 5) is 9.04. The van der Waals surface area contributed by atoms with Crippen molar-refractivity contribution in [2.45, 2.75) is 45.1 Å². The molecule has 0 aromatic carbocycles. The topological polar surface area (TPSA) is 35.0 Å². The standard InChI is InChI=1S/C12H16ClIN2O/c1-3-5-8-9(14)10(13)16-11(15-8)12(2)6-4-7-17-12/h3-7H2,1-2H3. The second-order valence-electron chi connectivity index (χ2n) is 4.53. The summed E-state index contributed by atoms with van der Waals surface area (Å²) in [5.74, 6) is 0.740. The second-order valence-corrected chi connectivity index (χ2v) is 5.97. The highest BCUT2D eigenvalue weighted by molar-refractivity contribution is 14.1. The summed E-state index contributed by atoms with van der Waals surface area (Å²) in [6.07, 6.45) is 4.02. The Hall–Kier alpha value is 0.0600.